The topological polar surface area (TPSA) is 258 Å². The fourth-order valence-corrected chi connectivity index (χ4v) is 6.30. The summed E-state index contributed by atoms with van der Waals surface area (Å²) in [7, 11) is -6.36. The van der Waals surface area contributed by atoms with Crippen molar-refractivity contribution in [2.75, 3.05) is 46.0 Å². The molecule has 22 heteroatoms. The summed E-state index contributed by atoms with van der Waals surface area (Å²) in [5.41, 5.74) is 1.87. The van der Waals surface area contributed by atoms with E-state index in [-0.39, 0.29) is 120 Å². The van der Waals surface area contributed by atoms with Crippen LogP contribution in [0, 0.1) is 0 Å². The summed E-state index contributed by atoms with van der Waals surface area (Å²) >= 11 is 0. The average molecular weight is 817 g/mol. The Bertz CT molecular complexity index is 2390. The zero-order valence-electron chi connectivity index (χ0n) is 32.4. The maximum Gasteiger partial charge on any atom is 1.00 e. The number of rotatable bonds is 14. The van der Waals surface area contributed by atoms with Gasteiger partial charge in [0, 0.05) is 36.8 Å². The third kappa shape index (κ3) is 11.9. The van der Waals surface area contributed by atoms with Gasteiger partial charge in [-0.3, -0.25) is 9.11 Å². The van der Waals surface area contributed by atoms with Gasteiger partial charge in [-0.25, -0.2) is 0 Å². The van der Waals surface area contributed by atoms with E-state index >= 15 is 0 Å². The number of anilines is 10. The molecule has 18 nitrogen and oxygen atoms in total. The number of aromatic nitrogens is 6. The molecule has 6 aromatic rings. The van der Waals surface area contributed by atoms with Crippen molar-refractivity contribution in [2.45, 2.75) is 9.79 Å². The van der Waals surface area contributed by atoms with Crippen LogP contribution in [-0.4, -0.2) is 69.9 Å². The van der Waals surface area contributed by atoms with Crippen LogP contribution in [0.4, 0.5) is 58.4 Å². The Morgan fingerprint density at radius 3 is 1.07 bits per heavy atom. The van der Waals surface area contributed by atoms with E-state index in [0.29, 0.717) is 0 Å². The summed E-state index contributed by atoms with van der Waals surface area (Å²) in [5.74, 6) is 0.969. The van der Waals surface area contributed by atoms with E-state index in [1.165, 1.54) is 36.4 Å². The standard InChI is InChI=1S/C34H32N12O6S2.2Na.2H/c1-35-29-41-31(37-23-9-5-3-6-10-23)45-33(43-29)39-25-17-15-21(27(19-25)53(47,48)49)13-14-22-16-18-26(20-28(22)54(50,51)52)40-34-44-30(36-2)42-32(46-34)38-24-11-7-4-8-12-24;;;;/h3-20H,1-2H3,(H,47,48,49)(H,50,51,52)(H3,35,37,39,41,43,45)(H3,36,38,40,42,44,46);;;;/q;2*+1;2*-1. The molecule has 0 unspecified atom stereocenters. The molecule has 0 fully saturated rings. The first-order chi connectivity index (χ1) is 25.9. The summed E-state index contributed by atoms with van der Waals surface area (Å²) < 4.78 is 70.3. The minimum Gasteiger partial charge on any atom is -1.00 e. The van der Waals surface area contributed by atoms with Gasteiger partial charge in [-0.2, -0.15) is 46.7 Å². The second-order valence-corrected chi connectivity index (χ2v) is 13.9. The van der Waals surface area contributed by atoms with Crippen molar-refractivity contribution < 1.29 is 87.9 Å². The fraction of sp³-hybridized carbons (Fsp3) is 0.0588. The van der Waals surface area contributed by atoms with Crippen LogP contribution in [0.3, 0.4) is 0 Å². The van der Waals surface area contributed by atoms with Gasteiger partial charge < -0.3 is 34.8 Å². The largest absolute Gasteiger partial charge is 1.00 e. The van der Waals surface area contributed by atoms with E-state index in [2.05, 4.69) is 61.8 Å². The van der Waals surface area contributed by atoms with Gasteiger partial charge in [-0.05, 0) is 59.7 Å². The maximum atomic E-state index is 12.5. The number of hydrogen-bond acceptors (Lipinski definition) is 16. The van der Waals surface area contributed by atoms with Gasteiger partial charge in [-0.1, -0.05) is 60.7 Å². The first kappa shape index (κ1) is 44.0. The van der Waals surface area contributed by atoms with Crippen LogP contribution in [0.25, 0.3) is 12.2 Å². The van der Waals surface area contributed by atoms with Gasteiger partial charge in [0.05, 0.1) is 0 Å². The molecule has 6 rings (SSSR count). The Balaban J connectivity index is 0.00000290. The number of para-hydroxylation sites is 2. The van der Waals surface area contributed by atoms with Gasteiger partial charge in [0.2, 0.25) is 35.7 Å². The normalized spacial score (nSPS) is 11.1. The molecule has 0 aliphatic rings. The van der Waals surface area contributed by atoms with E-state index in [4.69, 9.17) is 0 Å². The fourth-order valence-electron chi connectivity index (χ4n) is 4.88. The van der Waals surface area contributed by atoms with Crippen LogP contribution in [0.15, 0.2) is 107 Å². The summed E-state index contributed by atoms with van der Waals surface area (Å²) in [5, 5.41) is 17.6. The number of nitrogens with one attached hydrogen (secondary N) is 6. The van der Waals surface area contributed by atoms with Gasteiger partial charge in [0.15, 0.2) is 0 Å². The quantitative estimate of drug-likeness (QED) is 0.0409. The molecular formula is C34H34N12Na2O6S2. The zero-order chi connectivity index (χ0) is 38.3. The van der Waals surface area contributed by atoms with Gasteiger partial charge >= 0.3 is 59.1 Å². The molecule has 0 saturated heterocycles. The van der Waals surface area contributed by atoms with Crippen LogP contribution in [-0.2, 0) is 20.2 Å². The Hall–Kier alpha value is -4.74. The van der Waals surface area contributed by atoms with Crippen molar-refractivity contribution in [3.8, 4) is 0 Å². The minimum absolute atomic E-state index is 0. The predicted octanol–water partition coefficient (Wildman–Crippen LogP) is 0.0112. The zero-order valence-corrected chi connectivity index (χ0v) is 36.1. The van der Waals surface area contributed by atoms with E-state index in [1.54, 1.807) is 14.1 Å². The molecule has 2 heterocycles. The third-order valence-corrected chi connectivity index (χ3v) is 9.13. The molecule has 0 radical (unpaired) electrons. The van der Waals surface area contributed by atoms with Crippen molar-refractivity contribution in [3.63, 3.8) is 0 Å². The molecule has 0 spiro atoms. The molecule has 2 aromatic heterocycles. The van der Waals surface area contributed by atoms with E-state index < -0.39 is 30.0 Å². The molecule has 0 bridgehead atoms. The number of nitrogens with zero attached hydrogens (tertiary/aromatic N) is 6. The van der Waals surface area contributed by atoms with Gasteiger partial charge in [0.25, 0.3) is 20.2 Å². The van der Waals surface area contributed by atoms with Crippen molar-refractivity contribution >= 4 is 90.8 Å². The number of hydrogen-bond donors (Lipinski definition) is 8. The smallest absolute Gasteiger partial charge is 1.00 e. The summed E-state index contributed by atoms with van der Waals surface area (Å²) in [6.45, 7) is 0. The van der Waals surface area contributed by atoms with E-state index in [1.807, 2.05) is 60.7 Å². The molecule has 0 atom stereocenters. The second kappa shape index (κ2) is 19.4. The summed E-state index contributed by atoms with van der Waals surface area (Å²) in [6.07, 6.45) is 2.56. The van der Waals surface area contributed by atoms with E-state index in [0.717, 1.165) is 23.5 Å². The molecule has 280 valence electrons. The SMILES string of the molecule is CNc1nc(Nc2ccccc2)nc(Nc2ccc(C=Cc3ccc(Nc4nc(NC)nc(Nc5ccccc5)n4)cc3S(=O)(=O)O)c(S(=O)(=O)O)c2)n1.[H-].[H-].[Na+].[Na+]. The van der Waals surface area contributed by atoms with Crippen LogP contribution in [0.1, 0.15) is 14.0 Å². The Kier molecular flexibility index (Phi) is 15.2. The van der Waals surface area contributed by atoms with Crippen LogP contribution >= 0.6 is 0 Å². The maximum absolute atomic E-state index is 12.5. The molecule has 0 aliphatic heterocycles. The monoisotopic (exact) mass is 816 g/mol. The third-order valence-electron chi connectivity index (χ3n) is 7.32. The molecule has 0 amide bonds. The Morgan fingerprint density at radius 2 is 0.768 bits per heavy atom. The van der Waals surface area contributed by atoms with Crippen molar-refractivity contribution in [3.05, 3.63) is 108 Å². The van der Waals surface area contributed by atoms with Crippen LogP contribution < -0.4 is 91.0 Å². The van der Waals surface area contributed by atoms with Crippen LogP contribution in [0.5, 0.6) is 0 Å². The van der Waals surface area contributed by atoms with Crippen LogP contribution in [0.2, 0.25) is 0 Å². The molecule has 0 saturated carbocycles. The molecular weight excluding hydrogens is 783 g/mol. The van der Waals surface area contributed by atoms with Gasteiger partial charge in [0.1, 0.15) is 9.79 Å². The molecule has 56 heavy (non-hydrogen) atoms. The second-order valence-electron chi connectivity index (χ2n) is 11.1. The van der Waals surface area contributed by atoms with Crippen molar-refractivity contribution in [1.82, 2.24) is 29.9 Å². The predicted molar refractivity (Wildman–Crippen MR) is 208 cm³/mol. The molecule has 0 aliphatic carbocycles. The number of benzene rings is 4. The van der Waals surface area contributed by atoms with E-state index in [9.17, 15) is 25.9 Å². The van der Waals surface area contributed by atoms with Crippen molar-refractivity contribution in [2.24, 2.45) is 0 Å². The summed E-state index contributed by atoms with van der Waals surface area (Å²) in [4.78, 5) is 24.8. The van der Waals surface area contributed by atoms with Gasteiger partial charge in [-0.15, -0.1) is 0 Å². The van der Waals surface area contributed by atoms with Crippen molar-refractivity contribution in [1.29, 1.82) is 0 Å². The minimum atomic E-state index is -4.80. The Morgan fingerprint density at radius 1 is 0.464 bits per heavy atom. The summed E-state index contributed by atoms with van der Waals surface area (Å²) in [6, 6.07) is 26.5. The first-order valence-corrected chi connectivity index (χ1v) is 18.7. The first-order valence-electron chi connectivity index (χ1n) is 15.8. The molecule has 4 aromatic carbocycles. The Labute approximate surface area is 369 Å². The molecule has 8 N–H and O–H groups in total. The average Bonchev–Trinajstić information content (AvgIpc) is 3.14.